The number of rotatable bonds is 1. The van der Waals surface area contributed by atoms with E-state index in [0.29, 0.717) is 21.3 Å². The number of halogens is 2. The summed E-state index contributed by atoms with van der Waals surface area (Å²) in [5.74, 6) is 0. The lowest BCUT2D eigenvalue weighted by atomic mass is 10.1. The fourth-order valence-electron chi connectivity index (χ4n) is 2.06. The predicted octanol–water partition coefficient (Wildman–Crippen LogP) is 1.38. The van der Waals surface area contributed by atoms with Crippen molar-refractivity contribution in [2.24, 2.45) is 0 Å². The number of fused-ring (bicyclic) bond motifs is 1. The average molecular weight is 293 g/mol. The first-order chi connectivity index (χ1) is 9.15. The molecule has 0 saturated heterocycles. The molecule has 19 heavy (non-hydrogen) atoms. The molecule has 0 radical (unpaired) electrons. The maximum atomic E-state index is 12.1. The average Bonchev–Trinajstić information content (AvgIpc) is 2.40. The van der Waals surface area contributed by atoms with E-state index in [1.165, 1.54) is 0 Å². The lowest BCUT2D eigenvalue weighted by Gasteiger charge is -2.10. The van der Waals surface area contributed by atoms with Gasteiger partial charge in [-0.2, -0.15) is 0 Å². The maximum Gasteiger partial charge on any atom is 0.189 e. The fourth-order valence-corrected chi connectivity index (χ4v) is 2.48. The van der Waals surface area contributed by atoms with Crippen molar-refractivity contribution in [2.45, 2.75) is 5.50 Å². The van der Waals surface area contributed by atoms with Crippen LogP contribution in [0.2, 0.25) is 5.02 Å². The van der Waals surface area contributed by atoms with Crippen molar-refractivity contribution in [3.05, 3.63) is 56.1 Å². The van der Waals surface area contributed by atoms with Gasteiger partial charge in [0.15, 0.2) is 5.43 Å². The van der Waals surface area contributed by atoms with E-state index in [9.17, 15) is 4.79 Å². The molecule has 0 bridgehead atoms. The minimum Gasteiger partial charge on any atom is -0.370 e. The van der Waals surface area contributed by atoms with Gasteiger partial charge in [0.1, 0.15) is 5.50 Å². The van der Waals surface area contributed by atoms with E-state index in [0.717, 1.165) is 5.56 Å². The largest absolute Gasteiger partial charge is 0.370 e. The number of hydrogen-bond donors (Lipinski definition) is 2. The van der Waals surface area contributed by atoms with E-state index < -0.39 is 0 Å². The van der Waals surface area contributed by atoms with Gasteiger partial charge < -0.3 is 10.3 Å². The van der Waals surface area contributed by atoms with Crippen LogP contribution in [0.4, 0.5) is 0 Å². The van der Waals surface area contributed by atoms with Gasteiger partial charge in [-0.25, -0.2) is 0 Å². The fraction of sp³-hybridized carbons (Fsp3) is 0.0714. The quantitative estimate of drug-likeness (QED) is 0.616. The molecular formula is C14H10Cl2N2O. The lowest BCUT2D eigenvalue weighted by Crippen LogP contribution is -2.46. The number of H-pyrrole nitrogens is 1. The van der Waals surface area contributed by atoms with Crippen LogP contribution in [-0.4, -0.2) is 10.5 Å². The van der Waals surface area contributed by atoms with Gasteiger partial charge in [-0.05, 0) is 12.1 Å². The Morgan fingerprint density at radius 3 is 2.79 bits per heavy atom. The van der Waals surface area contributed by atoms with Gasteiger partial charge in [0.2, 0.25) is 0 Å². The number of hydrogen-bond acceptors (Lipinski definition) is 2. The van der Waals surface area contributed by atoms with Crippen molar-refractivity contribution in [3.63, 3.8) is 0 Å². The summed E-state index contributed by atoms with van der Waals surface area (Å²) in [6.07, 6.45) is 3.39. The van der Waals surface area contributed by atoms with Crippen molar-refractivity contribution >= 4 is 35.5 Å². The van der Waals surface area contributed by atoms with Crippen LogP contribution in [0.5, 0.6) is 0 Å². The molecule has 0 amide bonds. The summed E-state index contributed by atoms with van der Waals surface area (Å²) >= 11 is 12.1. The Bertz CT molecular complexity index is 811. The van der Waals surface area contributed by atoms with E-state index in [2.05, 4.69) is 10.3 Å². The summed E-state index contributed by atoms with van der Waals surface area (Å²) in [5, 5.41) is 4.82. The van der Waals surface area contributed by atoms with E-state index in [1.54, 1.807) is 24.4 Å². The van der Waals surface area contributed by atoms with Crippen LogP contribution >= 0.6 is 23.2 Å². The molecule has 0 aliphatic carbocycles. The summed E-state index contributed by atoms with van der Waals surface area (Å²) < 4.78 is 0. The first kappa shape index (κ1) is 12.3. The molecule has 1 aromatic carbocycles. The lowest BCUT2D eigenvalue weighted by molar-refractivity contribution is 0.961. The Morgan fingerprint density at radius 1 is 1.21 bits per heavy atom. The highest BCUT2D eigenvalue weighted by Gasteiger charge is 2.08. The topological polar surface area (TPSA) is 44.9 Å². The van der Waals surface area contributed by atoms with Gasteiger partial charge in [0.25, 0.3) is 0 Å². The first-order valence-corrected chi connectivity index (χ1v) is 6.57. The SMILES string of the molecule is O=c1cc(-c2ccccc2Cl)[nH]c2c1=CC(Cl)NC=2. The van der Waals surface area contributed by atoms with Crippen molar-refractivity contribution in [1.29, 1.82) is 0 Å². The minimum absolute atomic E-state index is 0.0768. The summed E-state index contributed by atoms with van der Waals surface area (Å²) in [5.41, 5.74) is 1.05. The first-order valence-electron chi connectivity index (χ1n) is 5.75. The van der Waals surface area contributed by atoms with Gasteiger partial charge in [-0.3, -0.25) is 4.79 Å². The van der Waals surface area contributed by atoms with Crippen LogP contribution in [0.25, 0.3) is 23.5 Å². The van der Waals surface area contributed by atoms with E-state index in [4.69, 9.17) is 23.2 Å². The summed E-state index contributed by atoms with van der Waals surface area (Å²) in [4.78, 5) is 15.3. The third-order valence-electron chi connectivity index (χ3n) is 2.96. The highest BCUT2D eigenvalue weighted by Crippen LogP contribution is 2.23. The monoisotopic (exact) mass is 292 g/mol. The number of pyridine rings is 1. The van der Waals surface area contributed by atoms with Crippen LogP contribution in [0.15, 0.2) is 35.1 Å². The molecule has 5 heteroatoms. The molecule has 2 heterocycles. The zero-order chi connectivity index (χ0) is 13.4. The number of benzene rings is 1. The number of aromatic amines is 1. The Morgan fingerprint density at radius 2 is 2.00 bits per heavy atom. The summed E-state index contributed by atoms with van der Waals surface area (Å²) in [7, 11) is 0. The third-order valence-corrected chi connectivity index (χ3v) is 3.55. The van der Waals surface area contributed by atoms with Crippen LogP contribution in [0, 0.1) is 0 Å². The van der Waals surface area contributed by atoms with Gasteiger partial charge >= 0.3 is 0 Å². The molecule has 3 nitrogen and oxygen atoms in total. The van der Waals surface area contributed by atoms with Crippen molar-refractivity contribution in [1.82, 2.24) is 10.3 Å². The molecule has 0 fully saturated rings. The number of nitrogens with one attached hydrogen (secondary N) is 2. The Hall–Kier alpha value is -1.71. The zero-order valence-corrected chi connectivity index (χ0v) is 11.3. The second-order valence-electron chi connectivity index (χ2n) is 4.23. The molecular weight excluding hydrogens is 283 g/mol. The molecule has 0 spiro atoms. The Kier molecular flexibility index (Phi) is 3.09. The van der Waals surface area contributed by atoms with Gasteiger partial charge in [0.05, 0.1) is 11.0 Å². The predicted molar refractivity (Wildman–Crippen MR) is 78.5 cm³/mol. The van der Waals surface area contributed by atoms with E-state index in [-0.39, 0.29) is 10.9 Å². The second kappa shape index (κ2) is 4.76. The van der Waals surface area contributed by atoms with Crippen LogP contribution < -0.4 is 21.3 Å². The zero-order valence-electron chi connectivity index (χ0n) is 9.78. The van der Waals surface area contributed by atoms with Crippen LogP contribution in [-0.2, 0) is 0 Å². The standard InChI is InChI=1S/C14H10Cl2N2O/c15-10-4-2-1-3-8(10)11-6-13(19)9-5-14(16)17-7-12(9)18-11/h1-7,14,17-18H. The van der Waals surface area contributed by atoms with Gasteiger partial charge in [-0.15, -0.1) is 0 Å². The normalized spacial score (nSPS) is 16.8. The van der Waals surface area contributed by atoms with E-state index >= 15 is 0 Å². The Balaban J connectivity index is 2.29. The number of aromatic nitrogens is 1. The highest BCUT2D eigenvalue weighted by atomic mass is 35.5. The molecule has 1 aliphatic heterocycles. The molecule has 96 valence electrons. The third kappa shape index (κ3) is 2.27. The summed E-state index contributed by atoms with van der Waals surface area (Å²) in [6, 6.07) is 8.92. The van der Waals surface area contributed by atoms with E-state index in [1.807, 2.05) is 18.2 Å². The minimum atomic E-state index is -0.361. The van der Waals surface area contributed by atoms with Gasteiger partial charge in [-0.1, -0.05) is 41.4 Å². The smallest absolute Gasteiger partial charge is 0.189 e. The molecule has 1 atom stereocenters. The van der Waals surface area contributed by atoms with Crippen LogP contribution in [0.1, 0.15) is 0 Å². The van der Waals surface area contributed by atoms with Crippen molar-refractivity contribution in [3.8, 4) is 11.3 Å². The molecule has 2 aromatic rings. The molecule has 1 unspecified atom stereocenters. The molecule has 1 aromatic heterocycles. The number of alkyl halides is 1. The molecule has 1 aliphatic rings. The van der Waals surface area contributed by atoms with Crippen molar-refractivity contribution in [2.75, 3.05) is 0 Å². The molecule has 3 rings (SSSR count). The van der Waals surface area contributed by atoms with Crippen LogP contribution in [0.3, 0.4) is 0 Å². The Labute approximate surface area is 119 Å². The van der Waals surface area contributed by atoms with Gasteiger partial charge in [0, 0.05) is 28.1 Å². The second-order valence-corrected chi connectivity index (χ2v) is 5.11. The summed E-state index contributed by atoms with van der Waals surface area (Å²) in [6.45, 7) is 0. The van der Waals surface area contributed by atoms with Crippen molar-refractivity contribution < 1.29 is 0 Å². The molecule has 0 saturated carbocycles. The maximum absolute atomic E-state index is 12.1. The highest BCUT2D eigenvalue weighted by molar-refractivity contribution is 6.33. The molecule has 2 N–H and O–H groups in total.